The molecule has 3 rings (SSSR count). The summed E-state index contributed by atoms with van der Waals surface area (Å²) < 4.78 is 41.9. The van der Waals surface area contributed by atoms with Crippen LogP contribution in [0.2, 0.25) is 5.15 Å². The van der Waals surface area contributed by atoms with Crippen molar-refractivity contribution in [2.75, 3.05) is 0 Å². The van der Waals surface area contributed by atoms with Gasteiger partial charge in [0.1, 0.15) is 18.3 Å². The maximum Gasteiger partial charge on any atom is 0.295 e. The molecule has 0 radical (unpaired) electrons. The average Bonchev–Trinajstić information content (AvgIpc) is 2.63. The molecule has 1 unspecified atom stereocenters. The highest BCUT2D eigenvalue weighted by Crippen LogP contribution is 2.31. The van der Waals surface area contributed by atoms with Gasteiger partial charge in [0.2, 0.25) is 11.7 Å². The number of hydrogen-bond acceptors (Lipinski definition) is 9. The van der Waals surface area contributed by atoms with Crippen molar-refractivity contribution in [1.29, 1.82) is 0 Å². The van der Waals surface area contributed by atoms with Crippen LogP contribution in [0.1, 0.15) is 0 Å². The molecule has 1 aliphatic heterocycles. The van der Waals surface area contributed by atoms with Gasteiger partial charge in [-0.3, -0.25) is 9.54 Å². The molecule has 5 atom stereocenters. The summed E-state index contributed by atoms with van der Waals surface area (Å²) in [5, 5.41) is 29.3. The van der Waals surface area contributed by atoms with Gasteiger partial charge < -0.3 is 24.8 Å². The van der Waals surface area contributed by atoms with Crippen LogP contribution >= 0.6 is 11.6 Å². The predicted molar refractivity (Wildman–Crippen MR) is 91.3 cm³/mol. The second kappa shape index (κ2) is 7.64. The summed E-state index contributed by atoms with van der Waals surface area (Å²) in [5.74, 6) is -0.0730. The lowest BCUT2D eigenvalue weighted by atomic mass is 10.1. The fraction of sp³-hybridized carbons (Fsp3) is 0.333. The second-order valence-corrected chi connectivity index (χ2v) is 7.55. The molecule has 10 nitrogen and oxygen atoms in total. The van der Waals surface area contributed by atoms with Crippen LogP contribution in [0.4, 0.5) is 0 Å². The Morgan fingerprint density at radius 3 is 2.30 bits per heavy atom. The van der Waals surface area contributed by atoms with Gasteiger partial charge in [0, 0.05) is 18.0 Å². The fourth-order valence-electron chi connectivity index (χ4n) is 2.48. The smallest absolute Gasteiger partial charge is 0.295 e. The largest absolute Gasteiger partial charge is 0.459 e. The zero-order valence-electron chi connectivity index (χ0n) is 13.5. The molecule has 0 spiro atoms. The van der Waals surface area contributed by atoms with Crippen LogP contribution < -0.4 is 4.74 Å². The molecule has 27 heavy (non-hydrogen) atoms. The Kier molecular flexibility index (Phi) is 5.63. The monoisotopic (exact) mass is 418 g/mol. The Bertz CT molecular complexity index is 913. The highest BCUT2D eigenvalue weighted by molar-refractivity contribution is 7.86. The third kappa shape index (κ3) is 4.19. The van der Waals surface area contributed by atoms with Gasteiger partial charge in [-0.25, -0.2) is 4.98 Å². The molecule has 1 aliphatic rings. The van der Waals surface area contributed by atoms with Crippen molar-refractivity contribution in [1.82, 2.24) is 9.97 Å². The molecule has 0 saturated carbocycles. The first kappa shape index (κ1) is 19.9. The van der Waals surface area contributed by atoms with Crippen LogP contribution in [-0.2, 0) is 14.9 Å². The highest BCUT2D eigenvalue weighted by Gasteiger charge is 2.50. The molecule has 0 amide bonds. The van der Waals surface area contributed by atoms with E-state index in [0.717, 1.165) is 5.56 Å². The molecular formula is C15H15ClN2O8S. The summed E-state index contributed by atoms with van der Waals surface area (Å²) >= 11 is 6.07. The summed E-state index contributed by atoms with van der Waals surface area (Å²) in [6, 6.07) is 6.38. The summed E-state index contributed by atoms with van der Waals surface area (Å²) in [7, 11) is -4.89. The standard InChI is InChI=1S/C15H15ClN2O8S/c16-13-9(2-1-8(18-13)7-3-5-17-6-4-7)25-14-11(20)10(19)12(21)15(26-14)27(22,23)24/h1-6,10-12,14-15,19-21H,(H,22,23,24)/t10-,11-,12+,14-,15?/m1/s1. The molecule has 1 fully saturated rings. The molecule has 4 N–H and O–H groups in total. The van der Waals surface area contributed by atoms with E-state index in [0.29, 0.717) is 5.69 Å². The lowest BCUT2D eigenvalue weighted by Crippen LogP contribution is -2.61. The van der Waals surface area contributed by atoms with E-state index in [2.05, 4.69) is 9.97 Å². The Morgan fingerprint density at radius 1 is 1.04 bits per heavy atom. The minimum absolute atomic E-state index is 0.0730. The maximum atomic E-state index is 11.3. The van der Waals surface area contributed by atoms with Crippen molar-refractivity contribution in [3.8, 4) is 17.0 Å². The predicted octanol–water partition coefficient (Wildman–Crippen LogP) is -0.171. The Morgan fingerprint density at radius 2 is 1.70 bits per heavy atom. The normalized spacial score (nSPS) is 28.7. The Labute approximate surface area is 158 Å². The van der Waals surface area contributed by atoms with Crippen LogP contribution in [0.15, 0.2) is 36.7 Å². The molecule has 2 aromatic heterocycles. The quantitative estimate of drug-likeness (QED) is 0.387. The number of rotatable bonds is 4. The van der Waals surface area contributed by atoms with E-state index in [1.54, 1.807) is 30.6 Å². The molecule has 2 aromatic rings. The molecule has 0 aromatic carbocycles. The number of hydrogen-bond donors (Lipinski definition) is 4. The van der Waals surface area contributed by atoms with Crippen LogP contribution in [0.25, 0.3) is 11.3 Å². The van der Waals surface area contributed by atoms with Gasteiger partial charge in [0.25, 0.3) is 10.1 Å². The molecule has 146 valence electrons. The lowest BCUT2D eigenvalue weighted by Gasteiger charge is -2.38. The number of halogens is 1. The number of aliphatic hydroxyl groups excluding tert-OH is 3. The van der Waals surface area contributed by atoms with E-state index in [-0.39, 0.29) is 10.9 Å². The van der Waals surface area contributed by atoms with Gasteiger partial charge in [0.15, 0.2) is 10.9 Å². The summed E-state index contributed by atoms with van der Waals surface area (Å²) in [6.07, 6.45) is -4.42. The van der Waals surface area contributed by atoms with E-state index >= 15 is 0 Å². The topological polar surface area (TPSA) is 159 Å². The number of nitrogens with zero attached hydrogens (tertiary/aromatic N) is 2. The molecule has 12 heteroatoms. The minimum atomic E-state index is -4.89. The molecule has 0 aliphatic carbocycles. The lowest BCUT2D eigenvalue weighted by molar-refractivity contribution is -0.254. The van der Waals surface area contributed by atoms with Crippen LogP contribution in [0.5, 0.6) is 5.75 Å². The SMILES string of the molecule is O=S(=O)(O)C1O[C@@H](Oc2ccc(-c3ccncc3)nc2Cl)[C@H](O)[C@@H](O)[C@@H]1O. The van der Waals surface area contributed by atoms with Crippen LogP contribution in [-0.4, -0.2) is 68.3 Å². The summed E-state index contributed by atoms with van der Waals surface area (Å²) in [6.45, 7) is 0. The minimum Gasteiger partial charge on any atom is -0.459 e. The first-order chi connectivity index (χ1) is 12.7. The number of pyridine rings is 2. The third-order valence-corrected chi connectivity index (χ3v) is 5.10. The molecule has 1 saturated heterocycles. The number of aliphatic hydroxyl groups is 3. The number of ether oxygens (including phenoxy) is 2. The van der Waals surface area contributed by atoms with Crippen molar-refractivity contribution in [2.45, 2.75) is 30.0 Å². The molecular weight excluding hydrogens is 404 g/mol. The third-order valence-electron chi connectivity index (χ3n) is 3.85. The van der Waals surface area contributed by atoms with E-state index in [1.807, 2.05) is 0 Å². The van der Waals surface area contributed by atoms with Crippen molar-refractivity contribution in [3.63, 3.8) is 0 Å². The van der Waals surface area contributed by atoms with Crippen LogP contribution in [0, 0.1) is 0 Å². The van der Waals surface area contributed by atoms with Crippen molar-refractivity contribution < 1.29 is 37.8 Å². The van der Waals surface area contributed by atoms with Gasteiger partial charge >= 0.3 is 0 Å². The second-order valence-electron chi connectivity index (χ2n) is 5.70. The Balaban J connectivity index is 1.83. The van der Waals surface area contributed by atoms with Crippen LogP contribution in [0.3, 0.4) is 0 Å². The van der Waals surface area contributed by atoms with E-state index in [1.165, 1.54) is 6.07 Å². The van der Waals surface area contributed by atoms with E-state index in [4.69, 9.17) is 25.6 Å². The fourth-order valence-corrected chi connectivity index (χ4v) is 3.44. The molecule has 0 bridgehead atoms. The van der Waals surface area contributed by atoms with Crippen molar-refractivity contribution in [3.05, 3.63) is 41.8 Å². The summed E-state index contributed by atoms with van der Waals surface area (Å²) in [5.41, 5.74) is -0.966. The van der Waals surface area contributed by atoms with Gasteiger partial charge in [-0.05, 0) is 24.3 Å². The highest BCUT2D eigenvalue weighted by atomic mass is 35.5. The van der Waals surface area contributed by atoms with E-state index in [9.17, 15) is 23.7 Å². The zero-order chi connectivity index (χ0) is 19.8. The van der Waals surface area contributed by atoms with Gasteiger partial charge in [-0.1, -0.05) is 11.6 Å². The first-order valence-corrected chi connectivity index (χ1v) is 9.46. The maximum absolute atomic E-state index is 11.3. The van der Waals surface area contributed by atoms with Gasteiger partial charge in [-0.15, -0.1) is 0 Å². The van der Waals surface area contributed by atoms with E-state index < -0.39 is 40.2 Å². The van der Waals surface area contributed by atoms with Crippen molar-refractivity contribution >= 4 is 21.7 Å². The van der Waals surface area contributed by atoms with Gasteiger partial charge in [-0.2, -0.15) is 8.42 Å². The first-order valence-electron chi connectivity index (χ1n) is 7.58. The number of aromatic nitrogens is 2. The zero-order valence-corrected chi connectivity index (χ0v) is 15.0. The molecule has 3 heterocycles. The average molecular weight is 419 g/mol. The van der Waals surface area contributed by atoms with Gasteiger partial charge in [0.05, 0.1) is 5.69 Å². The van der Waals surface area contributed by atoms with Crippen molar-refractivity contribution in [2.24, 2.45) is 0 Å². The Hall–Kier alpha value is -1.86. The summed E-state index contributed by atoms with van der Waals surface area (Å²) in [4.78, 5) is 8.02.